The molecule has 0 amide bonds. The van der Waals surface area contributed by atoms with Crippen molar-refractivity contribution in [2.75, 3.05) is 13.2 Å². The maximum absolute atomic E-state index is 12.6. The van der Waals surface area contributed by atoms with Crippen LogP contribution in [0.15, 0.2) is 85.1 Å². The van der Waals surface area contributed by atoms with Crippen LogP contribution in [0.2, 0.25) is 0 Å². The number of carbonyl (C=O) groups is 3. The van der Waals surface area contributed by atoms with Crippen LogP contribution in [0.4, 0.5) is 0 Å². The molecule has 0 N–H and O–H groups in total. The Morgan fingerprint density at radius 1 is 0.368 bits per heavy atom. The van der Waals surface area contributed by atoms with Gasteiger partial charge in [-0.05, 0) is 77.0 Å². The summed E-state index contributed by atoms with van der Waals surface area (Å²) in [5.74, 6) is -0.943. The van der Waals surface area contributed by atoms with E-state index in [1.807, 2.05) is 0 Å². The lowest BCUT2D eigenvalue weighted by Gasteiger charge is -2.18. The van der Waals surface area contributed by atoms with Crippen molar-refractivity contribution in [2.45, 2.75) is 207 Å². The van der Waals surface area contributed by atoms with E-state index in [1.165, 1.54) is 51.4 Å². The van der Waals surface area contributed by atoms with E-state index in [-0.39, 0.29) is 31.1 Å². The van der Waals surface area contributed by atoms with Crippen LogP contribution >= 0.6 is 0 Å². The third kappa shape index (κ3) is 43.6. The lowest BCUT2D eigenvalue weighted by Crippen LogP contribution is -2.30. The van der Waals surface area contributed by atoms with Crippen molar-refractivity contribution in [2.24, 2.45) is 0 Å². The highest BCUT2D eigenvalue weighted by Crippen LogP contribution is 2.12. The molecule has 0 saturated heterocycles. The zero-order chi connectivity index (χ0) is 41.5. The van der Waals surface area contributed by atoms with Crippen molar-refractivity contribution in [3.05, 3.63) is 85.1 Å². The Morgan fingerprint density at radius 2 is 0.684 bits per heavy atom. The van der Waals surface area contributed by atoms with E-state index in [2.05, 4.69) is 106 Å². The molecule has 0 saturated carbocycles. The van der Waals surface area contributed by atoms with Gasteiger partial charge >= 0.3 is 17.9 Å². The first-order valence-electron chi connectivity index (χ1n) is 23.1. The second-order valence-electron chi connectivity index (χ2n) is 14.9. The summed E-state index contributed by atoms with van der Waals surface area (Å²) in [6.07, 6.45) is 57.4. The monoisotopic (exact) mass is 793 g/mol. The highest BCUT2D eigenvalue weighted by Gasteiger charge is 2.19. The van der Waals surface area contributed by atoms with Crippen molar-refractivity contribution in [3.63, 3.8) is 0 Å². The van der Waals surface area contributed by atoms with Crippen LogP contribution in [-0.4, -0.2) is 37.2 Å². The summed E-state index contributed by atoms with van der Waals surface area (Å²) in [5, 5.41) is 0. The smallest absolute Gasteiger partial charge is 0.306 e. The summed E-state index contributed by atoms with van der Waals surface area (Å²) in [6.45, 7) is 6.38. The molecule has 0 spiro atoms. The zero-order valence-electron chi connectivity index (χ0n) is 36.8. The van der Waals surface area contributed by atoms with E-state index in [9.17, 15) is 14.4 Å². The van der Waals surface area contributed by atoms with Gasteiger partial charge in [0.1, 0.15) is 13.2 Å². The van der Waals surface area contributed by atoms with Gasteiger partial charge in [-0.2, -0.15) is 0 Å². The predicted molar refractivity (Wildman–Crippen MR) is 242 cm³/mol. The van der Waals surface area contributed by atoms with E-state index >= 15 is 0 Å². The third-order valence-electron chi connectivity index (χ3n) is 9.41. The summed E-state index contributed by atoms with van der Waals surface area (Å²) < 4.78 is 16.5. The highest BCUT2D eigenvalue weighted by atomic mass is 16.6. The van der Waals surface area contributed by atoms with Crippen molar-refractivity contribution >= 4 is 17.9 Å². The lowest BCUT2D eigenvalue weighted by atomic mass is 10.1. The topological polar surface area (TPSA) is 78.9 Å². The Bertz CT molecular complexity index is 1140. The van der Waals surface area contributed by atoms with Gasteiger partial charge in [0.25, 0.3) is 0 Å². The number of unbranched alkanes of at least 4 members (excludes halogenated alkanes) is 15. The average Bonchev–Trinajstić information content (AvgIpc) is 3.21. The molecular weight excluding hydrogens is 709 g/mol. The van der Waals surface area contributed by atoms with Crippen LogP contribution in [-0.2, 0) is 28.6 Å². The first kappa shape index (κ1) is 53.6. The van der Waals surface area contributed by atoms with E-state index in [0.717, 1.165) is 109 Å². The van der Waals surface area contributed by atoms with Gasteiger partial charge in [-0.25, -0.2) is 0 Å². The lowest BCUT2D eigenvalue weighted by molar-refractivity contribution is -0.167. The fourth-order valence-corrected chi connectivity index (χ4v) is 5.95. The minimum atomic E-state index is -0.782. The van der Waals surface area contributed by atoms with Gasteiger partial charge in [-0.1, -0.05) is 189 Å². The van der Waals surface area contributed by atoms with Gasteiger partial charge in [-0.3, -0.25) is 14.4 Å². The molecule has 6 heteroatoms. The maximum Gasteiger partial charge on any atom is 0.306 e. The van der Waals surface area contributed by atoms with Crippen LogP contribution in [0.3, 0.4) is 0 Å². The fourth-order valence-electron chi connectivity index (χ4n) is 5.95. The molecular formula is C51H84O6. The molecule has 1 unspecified atom stereocenters. The van der Waals surface area contributed by atoms with Crippen molar-refractivity contribution < 1.29 is 28.6 Å². The highest BCUT2D eigenvalue weighted by molar-refractivity contribution is 5.71. The number of hydrogen-bond acceptors (Lipinski definition) is 6. The summed E-state index contributed by atoms with van der Waals surface area (Å²) in [5.41, 5.74) is 0. The number of hydrogen-bond donors (Lipinski definition) is 0. The van der Waals surface area contributed by atoms with E-state index in [4.69, 9.17) is 14.2 Å². The summed E-state index contributed by atoms with van der Waals surface area (Å²) in [4.78, 5) is 37.4. The van der Waals surface area contributed by atoms with Crippen molar-refractivity contribution in [1.82, 2.24) is 0 Å². The molecule has 0 aromatic carbocycles. The quantitative estimate of drug-likeness (QED) is 0.0266. The van der Waals surface area contributed by atoms with Gasteiger partial charge in [-0.15, -0.1) is 0 Å². The molecule has 57 heavy (non-hydrogen) atoms. The molecule has 0 radical (unpaired) electrons. The predicted octanol–water partition coefficient (Wildman–Crippen LogP) is 14.9. The Labute approximate surface area is 350 Å². The van der Waals surface area contributed by atoms with Gasteiger partial charge in [0, 0.05) is 19.3 Å². The van der Waals surface area contributed by atoms with Gasteiger partial charge in [0.2, 0.25) is 0 Å². The molecule has 1 atom stereocenters. The minimum Gasteiger partial charge on any atom is -0.462 e. The fraction of sp³-hybridized carbons (Fsp3) is 0.667. The van der Waals surface area contributed by atoms with Crippen LogP contribution in [0.1, 0.15) is 201 Å². The molecule has 0 rings (SSSR count). The molecule has 6 nitrogen and oxygen atoms in total. The van der Waals surface area contributed by atoms with Crippen molar-refractivity contribution in [1.29, 1.82) is 0 Å². The van der Waals surface area contributed by atoms with E-state index in [1.54, 1.807) is 0 Å². The standard InChI is InChI=1S/C51H84O6/c1-4-7-10-13-16-17-18-19-20-21-22-23-24-25-26-27-28-29-30-31-32-33-36-38-41-44-50(53)56-47-48(57-51(54)45-42-39-35-15-12-9-6-3)46-55-49(52)43-40-37-34-14-11-8-5-2/h7,10,16-17,19-20,22-23,25-26,28-29,31-32,48H,4-6,8-9,11-15,18,21,24,27,30,33-47H2,1-3H3/b10-7-,17-16-,20-19-,23-22-,26-25-,29-28-,32-31-. The van der Waals surface area contributed by atoms with Gasteiger partial charge in [0.15, 0.2) is 6.10 Å². The van der Waals surface area contributed by atoms with Gasteiger partial charge < -0.3 is 14.2 Å². The van der Waals surface area contributed by atoms with E-state index < -0.39 is 6.10 Å². The second-order valence-corrected chi connectivity index (χ2v) is 14.9. The molecule has 0 aliphatic carbocycles. The molecule has 0 bridgehead atoms. The zero-order valence-corrected chi connectivity index (χ0v) is 36.8. The Morgan fingerprint density at radius 3 is 1.07 bits per heavy atom. The molecule has 0 heterocycles. The molecule has 324 valence electrons. The molecule has 0 aromatic heterocycles. The van der Waals surface area contributed by atoms with Crippen LogP contribution < -0.4 is 0 Å². The molecule has 0 aliphatic heterocycles. The summed E-state index contributed by atoms with van der Waals surface area (Å²) in [6, 6.07) is 0. The molecule has 0 fully saturated rings. The molecule has 0 aliphatic rings. The van der Waals surface area contributed by atoms with Gasteiger partial charge in [0.05, 0.1) is 0 Å². The van der Waals surface area contributed by atoms with Crippen LogP contribution in [0, 0.1) is 0 Å². The Balaban J connectivity index is 4.21. The second kappa shape index (κ2) is 45.3. The number of carbonyl (C=O) groups excluding carboxylic acids is 3. The minimum absolute atomic E-state index is 0.0870. The number of esters is 3. The average molecular weight is 793 g/mol. The molecule has 0 aromatic rings. The van der Waals surface area contributed by atoms with E-state index in [0.29, 0.717) is 19.3 Å². The third-order valence-corrected chi connectivity index (χ3v) is 9.41. The van der Waals surface area contributed by atoms with Crippen molar-refractivity contribution in [3.8, 4) is 0 Å². The first-order valence-corrected chi connectivity index (χ1v) is 23.1. The first-order chi connectivity index (χ1) is 28.0. The number of rotatable bonds is 40. The van der Waals surface area contributed by atoms with Crippen LogP contribution in [0.25, 0.3) is 0 Å². The summed E-state index contributed by atoms with van der Waals surface area (Å²) in [7, 11) is 0. The summed E-state index contributed by atoms with van der Waals surface area (Å²) >= 11 is 0. The largest absolute Gasteiger partial charge is 0.462 e. The van der Waals surface area contributed by atoms with Crippen LogP contribution in [0.5, 0.6) is 0 Å². The normalized spacial score (nSPS) is 12.8. The number of ether oxygens (including phenoxy) is 3. The maximum atomic E-state index is 12.6. The Kier molecular flexibility index (Phi) is 42.6. The Hall–Kier alpha value is -3.41. The SMILES string of the molecule is CC/C=C\C/C=C\C/C=C\C/C=C\C/C=C\C/C=C\C/C=C\CCCCCC(=O)OCC(COC(=O)CCCCCCCCC)OC(=O)CCCCCCCCC. The number of allylic oxidation sites excluding steroid dienone is 14.